The first-order valence-electron chi connectivity index (χ1n) is 20.9. The third-order valence-corrected chi connectivity index (χ3v) is 14.4. The van der Waals surface area contributed by atoms with Crippen LogP contribution >= 0.6 is 22.7 Å². The molecule has 2 fully saturated rings. The number of ether oxygens (including phenoxy) is 1. The SMILES string of the molecule is Cc1ccc(NC(=O)Nc2ncc(COc3ccncc3)s2)c(C(=O)C2CCCC2)c1.Cc1ccc(NC(=O)Nc2ncc(CS(=O)(=O)c3ccncc3)s2)c(C(=O)C2CCCC2)c1. The van der Waals surface area contributed by atoms with E-state index in [2.05, 4.69) is 41.2 Å². The van der Waals surface area contributed by atoms with E-state index < -0.39 is 21.9 Å². The van der Waals surface area contributed by atoms with E-state index in [4.69, 9.17) is 4.74 Å². The van der Waals surface area contributed by atoms with Crippen molar-refractivity contribution in [3.05, 3.63) is 130 Å². The molecule has 4 heterocycles. The van der Waals surface area contributed by atoms with Crippen molar-refractivity contribution >= 4 is 77.8 Å². The van der Waals surface area contributed by atoms with Crippen LogP contribution in [0.15, 0.2) is 103 Å². The summed E-state index contributed by atoms with van der Waals surface area (Å²) in [4.78, 5) is 68.7. The normalized spacial score (nSPS) is 14.0. The number of thiazole rings is 2. The number of hydrogen-bond acceptors (Lipinski definition) is 13. The highest BCUT2D eigenvalue weighted by Crippen LogP contribution is 2.33. The number of rotatable bonds is 14. The number of hydrogen-bond donors (Lipinski definition) is 4. The molecule has 4 N–H and O–H groups in total. The van der Waals surface area contributed by atoms with Crippen LogP contribution in [0.4, 0.5) is 31.2 Å². The number of benzene rings is 2. The van der Waals surface area contributed by atoms with Crippen molar-refractivity contribution in [3.8, 4) is 5.75 Å². The maximum Gasteiger partial charge on any atom is 0.325 e. The van der Waals surface area contributed by atoms with Gasteiger partial charge in [-0.3, -0.25) is 30.2 Å². The van der Waals surface area contributed by atoms with Crippen LogP contribution in [0.2, 0.25) is 0 Å². The van der Waals surface area contributed by atoms with Gasteiger partial charge in [-0.1, -0.05) is 60.3 Å². The van der Waals surface area contributed by atoms with Crippen molar-refractivity contribution in [3.63, 3.8) is 0 Å². The fourth-order valence-electron chi connectivity index (χ4n) is 7.53. The number of aryl methyl sites for hydroxylation is 2. The number of anilines is 4. The van der Waals surface area contributed by atoms with Gasteiger partial charge in [0.15, 0.2) is 31.7 Å². The first kappa shape index (κ1) is 45.6. The van der Waals surface area contributed by atoms with Crippen LogP contribution in [0.5, 0.6) is 5.75 Å². The van der Waals surface area contributed by atoms with Gasteiger partial charge in [-0.2, -0.15) is 0 Å². The second-order valence-electron chi connectivity index (χ2n) is 15.6. The monoisotopic (exact) mass is 920 g/mol. The zero-order chi connectivity index (χ0) is 45.1. The molecule has 2 aromatic carbocycles. The van der Waals surface area contributed by atoms with Crippen molar-refractivity contribution in [2.24, 2.45) is 11.8 Å². The Morgan fingerprint density at radius 2 is 1.08 bits per heavy atom. The van der Waals surface area contributed by atoms with Crippen LogP contribution in [0.25, 0.3) is 0 Å². The molecular formula is C46H48N8O7S3. The molecule has 0 aliphatic heterocycles. The Hall–Kier alpha value is -6.37. The van der Waals surface area contributed by atoms with E-state index in [1.165, 1.54) is 42.1 Å². The molecule has 64 heavy (non-hydrogen) atoms. The quantitative estimate of drug-likeness (QED) is 0.0755. The van der Waals surface area contributed by atoms with Crippen LogP contribution in [-0.4, -0.2) is 52.0 Å². The van der Waals surface area contributed by atoms with Crippen LogP contribution in [0.1, 0.15) is 93.0 Å². The number of sulfone groups is 1. The highest BCUT2D eigenvalue weighted by molar-refractivity contribution is 7.90. The lowest BCUT2D eigenvalue weighted by Crippen LogP contribution is -2.22. The number of nitrogens with one attached hydrogen (secondary N) is 4. The summed E-state index contributed by atoms with van der Waals surface area (Å²) in [5.74, 6) is 0.711. The molecular weight excluding hydrogens is 873 g/mol. The summed E-state index contributed by atoms with van der Waals surface area (Å²) in [7, 11) is -3.54. The number of carbonyl (C=O) groups excluding carboxylic acids is 4. The topological polar surface area (TPSA) is 211 Å². The fraction of sp³-hybridized carbons (Fsp3) is 0.304. The van der Waals surface area contributed by atoms with Crippen molar-refractivity contribution in [1.82, 2.24) is 19.9 Å². The summed E-state index contributed by atoms with van der Waals surface area (Å²) < 4.78 is 30.7. The maximum absolute atomic E-state index is 13.0. The molecule has 0 radical (unpaired) electrons. The smallest absolute Gasteiger partial charge is 0.325 e. The number of pyridine rings is 2. The Kier molecular flexibility index (Phi) is 15.2. The van der Waals surface area contributed by atoms with Crippen molar-refractivity contribution in [1.29, 1.82) is 0 Å². The van der Waals surface area contributed by atoms with Crippen molar-refractivity contribution in [2.75, 3.05) is 21.3 Å². The second-order valence-corrected chi connectivity index (χ2v) is 19.8. The molecule has 0 atom stereocenters. The maximum atomic E-state index is 13.0. The molecule has 332 valence electrons. The predicted molar refractivity (Wildman–Crippen MR) is 248 cm³/mol. The zero-order valence-corrected chi connectivity index (χ0v) is 37.8. The van der Waals surface area contributed by atoms with Crippen molar-refractivity contribution in [2.45, 2.75) is 82.5 Å². The first-order chi connectivity index (χ1) is 30.9. The lowest BCUT2D eigenvalue weighted by Gasteiger charge is -2.14. The van der Waals surface area contributed by atoms with Gasteiger partial charge in [0.05, 0.1) is 26.9 Å². The van der Waals surface area contributed by atoms with Gasteiger partial charge in [0.2, 0.25) is 0 Å². The third kappa shape index (κ3) is 12.4. The second kappa shape index (κ2) is 21.3. The molecule has 15 nitrogen and oxygen atoms in total. The molecule has 2 saturated carbocycles. The van der Waals surface area contributed by atoms with Crippen molar-refractivity contribution < 1.29 is 32.3 Å². The summed E-state index contributed by atoms with van der Waals surface area (Å²) in [6.07, 6.45) is 17.1. The molecule has 2 aliphatic carbocycles. The number of carbonyl (C=O) groups is 4. The number of nitrogens with zero attached hydrogens (tertiary/aromatic N) is 4. The number of urea groups is 2. The van der Waals surface area contributed by atoms with Crippen LogP contribution in [0.3, 0.4) is 0 Å². The Morgan fingerprint density at radius 3 is 1.58 bits per heavy atom. The Labute approximate surface area is 379 Å². The number of Topliss-reactive ketones (excluding diaryl/α,β-unsaturated/α-hetero) is 2. The molecule has 4 amide bonds. The van der Waals surface area contributed by atoms with E-state index >= 15 is 0 Å². The van der Waals surface area contributed by atoms with E-state index in [1.54, 1.807) is 42.9 Å². The Balaban J connectivity index is 0.000000192. The summed E-state index contributed by atoms with van der Waals surface area (Å²) in [6, 6.07) is 16.4. The standard InChI is InChI=1S/C23H24N4O4S2.C23H24N4O3S/c1-15-6-7-20(19(12-15)21(28)16-4-2-3-5-16)26-22(29)27-23-25-13-17(32-23)14-33(30,31)18-8-10-24-11-9-18;1-15-6-7-20(19(12-15)21(28)16-4-2-3-5-16)26-22(29)27-23-25-13-18(31-23)14-30-17-8-10-24-11-9-17/h6-13,16H,2-5,14H2,1H3,(H2,25,26,27,29);6-13,16H,2-5,14H2,1H3,(H2,25,26,27,29). The molecule has 6 aromatic rings. The molecule has 2 aliphatic rings. The lowest BCUT2D eigenvalue weighted by molar-refractivity contribution is 0.0916. The highest BCUT2D eigenvalue weighted by atomic mass is 32.2. The minimum absolute atomic E-state index is 0.000670. The van der Waals surface area contributed by atoms with E-state index in [0.717, 1.165) is 84.5 Å². The highest BCUT2D eigenvalue weighted by Gasteiger charge is 2.28. The van der Waals surface area contributed by atoms with Gasteiger partial charge in [0.1, 0.15) is 12.4 Å². The average Bonchev–Trinajstić information content (AvgIpc) is 4.15. The number of aromatic nitrogens is 4. The van der Waals surface area contributed by atoms with Gasteiger partial charge in [0, 0.05) is 65.0 Å². The predicted octanol–water partition coefficient (Wildman–Crippen LogP) is 10.3. The van der Waals surface area contributed by atoms with Gasteiger partial charge < -0.3 is 15.4 Å². The molecule has 18 heteroatoms. The fourth-order valence-corrected chi connectivity index (χ4v) is 10.7. The zero-order valence-electron chi connectivity index (χ0n) is 35.3. The summed E-state index contributed by atoms with van der Waals surface area (Å²) in [5.41, 5.74) is 4.01. The van der Waals surface area contributed by atoms with Gasteiger partial charge in [-0.05, 0) is 88.1 Å². The minimum Gasteiger partial charge on any atom is -0.488 e. The van der Waals surface area contributed by atoms with E-state index in [-0.39, 0.29) is 39.2 Å². The Bertz CT molecular complexity index is 2700. The summed E-state index contributed by atoms with van der Waals surface area (Å²) in [5, 5.41) is 11.7. The van der Waals surface area contributed by atoms with Gasteiger partial charge in [-0.25, -0.2) is 28.0 Å². The minimum atomic E-state index is -3.54. The van der Waals surface area contributed by atoms with Crippen LogP contribution in [-0.2, 0) is 22.2 Å². The summed E-state index contributed by atoms with van der Waals surface area (Å²) in [6.45, 7) is 4.20. The van der Waals surface area contributed by atoms with Gasteiger partial charge in [0.25, 0.3) is 0 Å². The largest absolute Gasteiger partial charge is 0.488 e. The lowest BCUT2D eigenvalue weighted by atomic mass is 9.94. The van der Waals surface area contributed by atoms with Crippen LogP contribution in [0, 0.1) is 25.7 Å². The molecule has 0 unspecified atom stereocenters. The number of ketones is 2. The number of amides is 4. The molecule has 4 aromatic heterocycles. The van der Waals surface area contributed by atoms with Gasteiger partial charge in [-0.15, -0.1) is 11.3 Å². The molecule has 0 spiro atoms. The molecule has 8 rings (SSSR count). The Morgan fingerprint density at radius 1 is 0.625 bits per heavy atom. The van der Waals surface area contributed by atoms with Gasteiger partial charge >= 0.3 is 12.1 Å². The molecule has 0 bridgehead atoms. The van der Waals surface area contributed by atoms with E-state index in [9.17, 15) is 27.6 Å². The third-order valence-electron chi connectivity index (χ3n) is 10.7. The van der Waals surface area contributed by atoms with Crippen LogP contribution < -0.4 is 26.0 Å². The van der Waals surface area contributed by atoms with E-state index in [0.29, 0.717) is 39.1 Å². The average molecular weight is 921 g/mol. The molecule has 0 saturated heterocycles. The van der Waals surface area contributed by atoms with E-state index in [1.807, 2.05) is 38.1 Å². The summed E-state index contributed by atoms with van der Waals surface area (Å²) >= 11 is 2.42. The first-order valence-corrected chi connectivity index (χ1v) is 24.2.